The van der Waals surface area contributed by atoms with Crippen molar-refractivity contribution in [2.24, 2.45) is 0 Å². The van der Waals surface area contributed by atoms with Crippen LogP contribution in [-0.4, -0.2) is 35.8 Å². The summed E-state index contributed by atoms with van der Waals surface area (Å²) < 4.78 is 4.99. The molecule has 6 nitrogen and oxygen atoms in total. The van der Waals surface area contributed by atoms with E-state index in [1.807, 2.05) is 54.6 Å². The Balaban J connectivity index is 1.60. The molecule has 0 saturated heterocycles. The molecule has 0 radical (unpaired) electrons. The normalized spacial score (nSPS) is 15.7. The Morgan fingerprint density at radius 1 is 0.971 bits per heavy atom. The second-order valence-electron chi connectivity index (χ2n) is 8.15. The van der Waals surface area contributed by atoms with Gasteiger partial charge in [0.25, 0.3) is 5.91 Å². The van der Waals surface area contributed by atoms with E-state index >= 15 is 0 Å². The van der Waals surface area contributed by atoms with Crippen LogP contribution in [0.4, 0.5) is 0 Å². The zero-order valence-electron chi connectivity index (χ0n) is 18.7. The molecule has 3 aromatic rings. The zero-order valence-corrected chi connectivity index (χ0v) is 19.5. The van der Waals surface area contributed by atoms with Crippen molar-refractivity contribution >= 4 is 29.4 Å². The van der Waals surface area contributed by atoms with Crippen LogP contribution in [-0.2, 0) is 27.3 Å². The van der Waals surface area contributed by atoms with E-state index in [4.69, 9.17) is 16.3 Å². The lowest BCUT2D eigenvalue weighted by Gasteiger charge is -2.36. The number of benzene rings is 3. The Morgan fingerprint density at radius 2 is 1.62 bits per heavy atom. The molecule has 1 N–H and O–H groups in total. The smallest absolute Gasteiger partial charge is 0.328 e. The number of amides is 2. The van der Waals surface area contributed by atoms with E-state index in [0.717, 1.165) is 16.7 Å². The Kier molecular flexibility index (Phi) is 7.28. The number of halogens is 1. The molecule has 1 aliphatic heterocycles. The van der Waals surface area contributed by atoms with Crippen LogP contribution in [0.5, 0.6) is 0 Å². The minimum Gasteiger partial charge on any atom is -0.467 e. The van der Waals surface area contributed by atoms with Gasteiger partial charge in [0.15, 0.2) is 0 Å². The van der Waals surface area contributed by atoms with Gasteiger partial charge in [-0.05, 0) is 28.8 Å². The minimum atomic E-state index is -0.719. The number of carbonyl (C=O) groups is 3. The standard InChI is InChI=1S/C27H25ClN2O4/c1-34-27(33)24-15-19-11-5-6-12-20(19)17-30(24)25(31)16-23(18-9-3-2-4-10-18)29-26(32)21-13-7-8-14-22(21)28/h2-14,23-24H,15-17H2,1H3,(H,29,32). The van der Waals surface area contributed by atoms with E-state index in [1.54, 1.807) is 29.2 Å². The maximum Gasteiger partial charge on any atom is 0.328 e. The van der Waals surface area contributed by atoms with Gasteiger partial charge in [-0.1, -0.05) is 78.3 Å². The highest BCUT2D eigenvalue weighted by atomic mass is 35.5. The number of fused-ring (bicyclic) bond motifs is 1. The molecular formula is C27H25ClN2O4. The van der Waals surface area contributed by atoms with Crippen molar-refractivity contribution in [1.82, 2.24) is 10.2 Å². The van der Waals surface area contributed by atoms with Crippen LogP contribution >= 0.6 is 11.6 Å². The summed E-state index contributed by atoms with van der Waals surface area (Å²) in [5.74, 6) is -1.09. The first-order chi connectivity index (χ1) is 16.5. The van der Waals surface area contributed by atoms with Gasteiger partial charge in [0.05, 0.1) is 30.2 Å². The third kappa shape index (κ3) is 5.13. The van der Waals surface area contributed by atoms with Gasteiger partial charge >= 0.3 is 5.97 Å². The van der Waals surface area contributed by atoms with Gasteiger partial charge < -0.3 is 15.0 Å². The molecule has 0 bridgehead atoms. The maximum absolute atomic E-state index is 13.5. The van der Waals surface area contributed by atoms with Gasteiger partial charge in [-0.25, -0.2) is 4.79 Å². The summed E-state index contributed by atoms with van der Waals surface area (Å²) in [6, 6.07) is 22.5. The van der Waals surface area contributed by atoms with Crippen LogP contribution in [0.15, 0.2) is 78.9 Å². The van der Waals surface area contributed by atoms with Gasteiger partial charge in [-0.15, -0.1) is 0 Å². The van der Waals surface area contributed by atoms with Crippen molar-refractivity contribution in [3.63, 3.8) is 0 Å². The molecule has 4 rings (SSSR count). The lowest BCUT2D eigenvalue weighted by Crippen LogP contribution is -2.50. The van der Waals surface area contributed by atoms with Gasteiger partial charge in [0.2, 0.25) is 5.91 Å². The van der Waals surface area contributed by atoms with Crippen molar-refractivity contribution in [2.75, 3.05) is 7.11 Å². The van der Waals surface area contributed by atoms with Crippen LogP contribution < -0.4 is 5.32 Å². The fourth-order valence-corrected chi connectivity index (χ4v) is 4.46. The SMILES string of the molecule is COC(=O)C1Cc2ccccc2CN1C(=O)CC(NC(=O)c1ccccc1Cl)c1ccccc1. The molecule has 2 amide bonds. The van der Waals surface area contributed by atoms with Crippen molar-refractivity contribution in [3.05, 3.63) is 106 Å². The molecule has 1 aliphatic rings. The number of ether oxygens (including phenoxy) is 1. The second kappa shape index (κ2) is 10.5. The van der Waals surface area contributed by atoms with Gasteiger partial charge in [-0.3, -0.25) is 9.59 Å². The largest absolute Gasteiger partial charge is 0.467 e. The Hall–Kier alpha value is -3.64. The number of hydrogen-bond donors (Lipinski definition) is 1. The molecular weight excluding hydrogens is 452 g/mol. The summed E-state index contributed by atoms with van der Waals surface area (Å²) in [5, 5.41) is 3.28. The van der Waals surface area contributed by atoms with E-state index in [-0.39, 0.29) is 18.2 Å². The van der Waals surface area contributed by atoms with Crippen LogP contribution in [0.3, 0.4) is 0 Å². The topological polar surface area (TPSA) is 75.7 Å². The predicted molar refractivity (Wildman–Crippen MR) is 129 cm³/mol. The second-order valence-corrected chi connectivity index (χ2v) is 8.56. The maximum atomic E-state index is 13.5. The highest BCUT2D eigenvalue weighted by molar-refractivity contribution is 6.33. The average Bonchev–Trinajstić information content (AvgIpc) is 2.87. The number of methoxy groups -OCH3 is 1. The van der Waals surface area contributed by atoms with Gasteiger partial charge in [0, 0.05) is 13.0 Å². The van der Waals surface area contributed by atoms with Crippen molar-refractivity contribution in [3.8, 4) is 0 Å². The first kappa shape index (κ1) is 23.5. The first-order valence-electron chi connectivity index (χ1n) is 11.0. The summed E-state index contributed by atoms with van der Waals surface area (Å²) in [5.41, 5.74) is 3.13. The summed E-state index contributed by atoms with van der Waals surface area (Å²) in [6.45, 7) is 0.300. The van der Waals surface area contributed by atoms with Crippen molar-refractivity contribution in [1.29, 1.82) is 0 Å². The van der Waals surface area contributed by atoms with E-state index < -0.39 is 18.1 Å². The summed E-state index contributed by atoms with van der Waals surface area (Å²) in [7, 11) is 1.32. The number of rotatable bonds is 6. The lowest BCUT2D eigenvalue weighted by molar-refractivity contribution is -0.154. The highest BCUT2D eigenvalue weighted by Gasteiger charge is 2.36. The molecule has 0 aromatic heterocycles. The van der Waals surface area contributed by atoms with Crippen LogP contribution in [0.1, 0.15) is 39.5 Å². The fraction of sp³-hybridized carbons (Fsp3) is 0.222. The molecule has 1 heterocycles. The van der Waals surface area contributed by atoms with E-state index in [0.29, 0.717) is 23.6 Å². The molecule has 0 fully saturated rings. The van der Waals surface area contributed by atoms with Crippen LogP contribution in [0, 0.1) is 0 Å². The summed E-state index contributed by atoms with van der Waals surface area (Å²) in [4.78, 5) is 40.6. The average molecular weight is 477 g/mol. The van der Waals surface area contributed by atoms with Crippen LogP contribution in [0.25, 0.3) is 0 Å². The van der Waals surface area contributed by atoms with Crippen molar-refractivity contribution < 1.29 is 19.1 Å². The van der Waals surface area contributed by atoms with E-state index in [1.165, 1.54) is 7.11 Å². The quantitative estimate of drug-likeness (QED) is 0.537. The Bertz CT molecular complexity index is 1200. The molecule has 2 atom stereocenters. The zero-order chi connectivity index (χ0) is 24.1. The van der Waals surface area contributed by atoms with Crippen LogP contribution in [0.2, 0.25) is 5.02 Å². The number of hydrogen-bond acceptors (Lipinski definition) is 4. The Morgan fingerprint density at radius 3 is 2.32 bits per heavy atom. The summed E-state index contributed by atoms with van der Waals surface area (Å²) in [6.07, 6.45) is 0.367. The molecule has 0 aliphatic carbocycles. The molecule has 0 spiro atoms. The van der Waals surface area contributed by atoms with Gasteiger partial charge in [-0.2, -0.15) is 0 Å². The summed E-state index contributed by atoms with van der Waals surface area (Å²) >= 11 is 6.21. The predicted octanol–water partition coefficient (Wildman–Crippen LogP) is 4.33. The number of esters is 1. The molecule has 174 valence electrons. The third-order valence-electron chi connectivity index (χ3n) is 6.05. The van der Waals surface area contributed by atoms with E-state index in [9.17, 15) is 14.4 Å². The first-order valence-corrected chi connectivity index (χ1v) is 11.4. The lowest BCUT2D eigenvalue weighted by atomic mass is 9.93. The highest BCUT2D eigenvalue weighted by Crippen LogP contribution is 2.27. The molecule has 0 saturated carbocycles. The number of carbonyl (C=O) groups excluding carboxylic acids is 3. The Labute approximate surface area is 203 Å². The number of nitrogens with zero attached hydrogens (tertiary/aromatic N) is 1. The van der Waals surface area contributed by atoms with Gasteiger partial charge in [0.1, 0.15) is 6.04 Å². The third-order valence-corrected chi connectivity index (χ3v) is 6.38. The molecule has 34 heavy (non-hydrogen) atoms. The number of nitrogens with one attached hydrogen (secondary N) is 1. The minimum absolute atomic E-state index is 0.0180. The molecule has 2 unspecified atom stereocenters. The monoisotopic (exact) mass is 476 g/mol. The van der Waals surface area contributed by atoms with E-state index in [2.05, 4.69) is 5.32 Å². The molecule has 3 aromatic carbocycles. The molecule has 7 heteroatoms. The fourth-order valence-electron chi connectivity index (χ4n) is 4.24. The van der Waals surface area contributed by atoms with Crippen molar-refractivity contribution in [2.45, 2.75) is 31.5 Å².